The lowest BCUT2D eigenvalue weighted by atomic mass is 9.90. The third-order valence-electron chi connectivity index (χ3n) is 4.31. The number of amides is 2. The Hall–Kier alpha value is -1.30. The smallest absolute Gasteiger partial charge is 0.409 e. The van der Waals surface area contributed by atoms with E-state index in [0.717, 1.165) is 32.4 Å². The molecule has 2 heterocycles. The number of rotatable bonds is 3. The number of hydrogen-bond donors (Lipinski definition) is 2. The van der Waals surface area contributed by atoms with Crippen molar-refractivity contribution in [3.63, 3.8) is 0 Å². The van der Waals surface area contributed by atoms with Crippen molar-refractivity contribution in [2.45, 2.75) is 39.2 Å². The van der Waals surface area contributed by atoms with Crippen molar-refractivity contribution in [1.29, 1.82) is 0 Å². The Morgan fingerprint density at radius 2 is 2.00 bits per heavy atom. The maximum Gasteiger partial charge on any atom is 0.409 e. The second kappa shape index (κ2) is 7.64. The summed E-state index contributed by atoms with van der Waals surface area (Å²) in [4.78, 5) is 25.6. The fraction of sp³-hybridized carbons (Fsp3) is 0.867. The van der Waals surface area contributed by atoms with E-state index in [0.29, 0.717) is 25.6 Å². The molecule has 120 valence electrons. The number of ether oxygens (including phenoxy) is 1. The molecule has 0 saturated carbocycles. The quantitative estimate of drug-likeness (QED) is 0.814. The molecule has 2 fully saturated rings. The van der Waals surface area contributed by atoms with Crippen LogP contribution < -0.4 is 10.6 Å². The van der Waals surface area contributed by atoms with Gasteiger partial charge in [-0.15, -0.1) is 0 Å². The summed E-state index contributed by atoms with van der Waals surface area (Å²) in [6.45, 7) is 7.47. The van der Waals surface area contributed by atoms with Crippen LogP contribution in [0.4, 0.5) is 4.79 Å². The van der Waals surface area contributed by atoms with Crippen LogP contribution in [-0.2, 0) is 9.53 Å². The molecule has 2 aliphatic rings. The van der Waals surface area contributed by atoms with Crippen LogP contribution in [0.2, 0.25) is 0 Å². The van der Waals surface area contributed by atoms with E-state index in [-0.39, 0.29) is 24.0 Å². The molecule has 6 heteroatoms. The summed E-state index contributed by atoms with van der Waals surface area (Å²) in [6, 6.07) is 0.181. The van der Waals surface area contributed by atoms with Crippen LogP contribution >= 0.6 is 0 Å². The van der Waals surface area contributed by atoms with Crippen LogP contribution in [0.1, 0.15) is 33.1 Å². The van der Waals surface area contributed by atoms with Gasteiger partial charge in [-0.05, 0) is 38.6 Å². The van der Waals surface area contributed by atoms with Crippen LogP contribution in [0.5, 0.6) is 0 Å². The predicted octanol–water partition coefficient (Wildman–Crippen LogP) is 0.969. The number of carbonyl (C=O) groups excluding carboxylic acids is 2. The van der Waals surface area contributed by atoms with Gasteiger partial charge in [0.15, 0.2) is 0 Å². The van der Waals surface area contributed by atoms with Crippen molar-refractivity contribution < 1.29 is 14.3 Å². The van der Waals surface area contributed by atoms with Gasteiger partial charge in [-0.25, -0.2) is 4.79 Å². The molecule has 0 bridgehead atoms. The Morgan fingerprint density at radius 1 is 1.29 bits per heavy atom. The molecule has 2 atom stereocenters. The molecule has 0 spiro atoms. The van der Waals surface area contributed by atoms with E-state index in [1.54, 1.807) is 4.90 Å². The highest BCUT2D eigenvalue weighted by Crippen LogP contribution is 2.17. The average molecular weight is 297 g/mol. The van der Waals surface area contributed by atoms with Crippen LogP contribution in [0.3, 0.4) is 0 Å². The molecule has 2 saturated heterocycles. The zero-order chi connectivity index (χ0) is 15.2. The van der Waals surface area contributed by atoms with Crippen molar-refractivity contribution in [1.82, 2.24) is 15.5 Å². The molecule has 2 N–H and O–H groups in total. The van der Waals surface area contributed by atoms with Gasteiger partial charge in [0.05, 0.1) is 12.5 Å². The topological polar surface area (TPSA) is 70.7 Å². The van der Waals surface area contributed by atoms with Gasteiger partial charge in [0, 0.05) is 25.7 Å². The van der Waals surface area contributed by atoms with Crippen molar-refractivity contribution in [2.24, 2.45) is 11.8 Å². The fourth-order valence-corrected chi connectivity index (χ4v) is 3.10. The fourth-order valence-electron chi connectivity index (χ4n) is 3.10. The molecular weight excluding hydrogens is 270 g/mol. The molecule has 2 amide bonds. The van der Waals surface area contributed by atoms with Crippen LogP contribution in [0, 0.1) is 11.8 Å². The van der Waals surface area contributed by atoms with E-state index in [1.807, 2.05) is 6.92 Å². The third-order valence-corrected chi connectivity index (χ3v) is 4.31. The number of hydrogen-bond acceptors (Lipinski definition) is 4. The minimum Gasteiger partial charge on any atom is -0.450 e. The first kappa shape index (κ1) is 16.1. The standard InChI is InChI=1S/C15H27N3O3/c1-3-21-15(20)18-6-4-13(5-7-18)17-14(19)12-8-11(2)9-16-10-12/h11-13,16H,3-10H2,1-2H3,(H,17,19). The summed E-state index contributed by atoms with van der Waals surface area (Å²) in [5.74, 6) is 0.792. The van der Waals surface area contributed by atoms with Gasteiger partial charge in [0.25, 0.3) is 0 Å². The summed E-state index contributed by atoms with van der Waals surface area (Å²) in [5, 5.41) is 6.45. The van der Waals surface area contributed by atoms with E-state index >= 15 is 0 Å². The Kier molecular flexibility index (Phi) is 5.85. The summed E-state index contributed by atoms with van der Waals surface area (Å²) >= 11 is 0. The van der Waals surface area contributed by atoms with Gasteiger partial charge < -0.3 is 20.3 Å². The van der Waals surface area contributed by atoms with Gasteiger partial charge in [0.1, 0.15) is 0 Å². The first-order chi connectivity index (χ1) is 10.1. The normalized spacial score (nSPS) is 27.2. The number of nitrogens with zero attached hydrogens (tertiary/aromatic N) is 1. The van der Waals surface area contributed by atoms with Crippen LogP contribution in [0.25, 0.3) is 0 Å². The maximum atomic E-state index is 12.3. The van der Waals surface area contributed by atoms with E-state index in [1.165, 1.54) is 0 Å². The highest BCUT2D eigenvalue weighted by molar-refractivity contribution is 5.79. The Morgan fingerprint density at radius 3 is 2.62 bits per heavy atom. The zero-order valence-electron chi connectivity index (χ0n) is 13.1. The van der Waals surface area contributed by atoms with Crippen LogP contribution in [0.15, 0.2) is 0 Å². The van der Waals surface area contributed by atoms with Crippen LogP contribution in [-0.4, -0.2) is 55.7 Å². The van der Waals surface area contributed by atoms with E-state index in [2.05, 4.69) is 17.6 Å². The molecule has 0 aliphatic carbocycles. The zero-order valence-corrected chi connectivity index (χ0v) is 13.1. The minimum atomic E-state index is -0.243. The predicted molar refractivity (Wildman–Crippen MR) is 79.9 cm³/mol. The molecule has 2 rings (SSSR count). The Bertz CT molecular complexity index is 367. The molecule has 0 radical (unpaired) electrons. The lowest BCUT2D eigenvalue weighted by molar-refractivity contribution is -0.126. The average Bonchev–Trinajstić information content (AvgIpc) is 2.48. The maximum absolute atomic E-state index is 12.3. The van der Waals surface area contributed by atoms with Crippen molar-refractivity contribution in [3.8, 4) is 0 Å². The van der Waals surface area contributed by atoms with Crippen molar-refractivity contribution >= 4 is 12.0 Å². The highest BCUT2D eigenvalue weighted by Gasteiger charge is 2.29. The number of likely N-dealkylation sites (tertiary alicyclic amines) is 1. The molecule has 6 nitrogen and oxygen atoms in total. The van der Waals surface area contributed by atoms with Gasteiger partial charge in [-0.3, -0.25) is 4.79 Å². The molecule has 0 aromatic heterocycles. The number of piperidine rings is 2. The summed E-state index contributed by atoms with van der Waals surface area (Å²) in [5.41, 5.74) is 0. The van der Waals surface area contributed by atoms with Crippen molar-refractivity contribution in [2.75, 3.05) is 32.8 Å². The Balaban J connectivity index is 1.73. The third kappa shape index (κ3) is 4.59. The molecule has 2 aliphatic heterocycles. The monoisotopic (exact) mass is 297 g/mol. The van der Waals surface area contributed by atoms with Gasteiger partial charge in [0.2, 0.25) is 5.91 Å². The van der Waals surface area contributed by atoms with E-state index in [9.17, 15) is 9.59 Å². The Labute approximate surface area is 126 Å². The van der Waals surface area contributed by atoms with Gasteiger partial charge in [-0.1, -0.05) is 6.92 Å². The lowest BCUT2D eigenvalue weighted by Crippen LogP contribution is -2.50. The van der Waals surface area contributed by atoms with Crippen molar-refractivity contribution in [3.05, 3.63) is 0 Å². The van der Waals surface area contributed by atoms with E-state index < -0.39 is 0 Å². The molecule has 0 aromatic carbocycles. The van der Waals surface area contributed by atoms with E-state index in [4.69, 9.17) is 4.74 Å². The van der Waals surface area contributed by atoms with Gasteiger partial charge in [-0.2, -0.15) is 0 Å². The largest absolute Gasteiger partial charge is 0.450 e. The summed E-state index contributed by atoms with van der Waals surface area (Å²) in [7, 11) is 0. The summed E-state index contributed by atoms with van der Waals surface area (Å²) < 4.78 is 5.00. The molecule has 21 heavy (non-hydrogen) atoms. The first-order valence-electron chi connectivity index (χ1n) is 8.03. The highest BCUT2D eigenvalue weighted by atomic mass is 16.6. The number of nitrogens with one attached hydrogen (secondary N) is 2. The van der Waals surface area contributed by atoms with Gasteiger partial charge >= 0.3 is 6.09 Å². The summed E-state index contributed by atoms with van der Waals surface area (Å²) in [6.07, 6.45) is 2.33. The number of carbonyl (C=O) groups is 2. The minimum absolute atomic E-state index is 0.0804. The molecule has 2 unspecified atom stereocenters. The lowest BCUT2D eigenvalue weighted by Gasteiger charge is -2.33. The second-order valence-corrected chi connectivity index (χ2v) is 6.16. The first-order valence-corrected chi connectivity index (χ1v) is 8.03. The molecule has 0 aromatic rings. The molecular formula is C15H27N3O3. The second-order valence-electron chi connectivity index (χ2n) is 6.16. The SMILES string of the molecule is CCOC(=O)N1CCC(NC(=O)C2CNCC(C)C2)CC1.